The van der Waals surface area contributed by atoms with E-state index in [4.69, 9.17) is 9.72 Å². The predicted molar refractivity (Wildman–Crippen MR) is 167 cm³/mol. The number of carbonyl (C=O) groups is 1. The summed E-state index contributed by atoms with van der Waals surface area (Å²) in [5, 5.41) is 6.59. The molecule has 0 bridgehead atoms. The number of halogens is 2. The molecule has 1 aliphatic heterocycles. The highest BCUT2D eigenvalue weighted by Gasteiger charge is 2.22. The van der Waals surface area contributed by atoms with Crippen LogP contribution in [0.25, 0.3) is 28.0 Å². The van der Waals surface area contributed by atoms with Gasteiger partial charge in [0.2, 0.25) is 5.95 Å². The molecule has 5 rings (SSSR count). The molecule has 3 heterocycles. The van der Waals surface area contributed by atoms with Gasteiger partial charge in [0, 0.05) is 42.3 Å². The maximum Gasteiger partial charge on any atom is 0.256 e. The van der Waals surface area contributed by atoms with Crippen LogP contribution in [0.15, 0.2) is 53.3 Å². The zero-order valence-corrected chi connectivity index (χ0v) is 25.3. The number of hydrogen-bond donors (Lipinski definition) is 2. The zero-order chi connectivity index (χ0) is 31.2. The molecule has 0 spiro atoms. The van der Waals surface area contributed by atoms with Crippen LogP contribution in [-0.2, 0) is 4.74 Å². The fourth-order valence-electron chi connectivity index (χ4n) is 5.49. The standard InChI is InChI=1S/C33H38F2N6O3/c1-4-40(5-2)17-8-16-36-33-38-29(25-19-22(13-12-21(25)3)32(43)37-20-23-9-7-18-44-23)24-14-15-28(42)41(31(24)39-33)30-26(34)10-6-11-27(30)35/h6,10-15,19,23H,4-5,7-9,16-18,20H2,1-3H3,(H,37,43)(H,36,38,39). The predicted octanol–water partition coefficient (Wildman–Crippen LogP) is 5.09. The molecule has 1 aliphatic rings. The fraction of sp³-hybridized carbons (Fsp3) is 0.394. The highest BCUT2D eigenvalue weighted by molar-refractivity contribution is 5.98. The number of aromatic nitrogens is 3. The molecular weight excluding hydrogens is 566 g/mol. The summed E-state index contributed by atoms with van der Waals surface area (Å²) >= 11 is 0. The third-order valence-electron chi connectivity index (χ3n) is 8.01. The van der Waals surface area contributed by atoms with Gasteiger partial charge in [0.1, 0.15) is 17.3 Å². The number of aryl methyl sites for hydroxylation is 1. The van der Waals surface area contributed by atoms with E-state index in [9.17, 15) is 9.59 Å². The van der Waals surface area contributed by atoms with E-state index in [2.05, 4.69) is 34.4 Å². The Balaban J connectivity index is 1.60. The van der Waals surface area contributed by atoms with E-state index in [1.807, 2.05) is 13.0 Å². The van der Waals surface area contributed by atoms with Gasteiger partial charge in [-0.1, -0.05) is 26.0 Å². The Morgan fingerprint density at radius 3 is 2.57 bits per heavy atom. The van der Waals surface area contributed by atoms with Gasteiger partial charge in [0.15, 0.2) is 5.65 Å². The van der Waals surface area contributed by atoms with E-state index in [0.29, 0.717) is 41.9 Å². The van der Waals surface area contributed by atoms with E-state index in [-0.39, 0.29) is 23.6 Å². The third-order valence-corrected chi connectivity index (χ3v) is 8.01. The molecule has 2 N–H and O–H groups in total. The molecular formula is C33H38F2N6O3. The van der Waals surface area contributed by atoms with Crippen molar-refractivity contribution in [2.24, 2.45) is 0 Å². The number of hydrogen-bond acceptors (Lipinski definition) is 7. The van der Waals surface area contributed by atoms with Gasteiger partial charge in [-0.15, -0.1) is 0 Å². The Kier molecular flexibility index (Phi) is 9.96. The summed E-state index contributed by atoms with van der Waals surface area (Å²) < 4.78 is 36.6. The summed E-state index contributed by atoms with van der Waals surface area (Å²) in [4.78, 5) is 38.0. The maximum absolute atomic E-state index is 15.0. The molecule has 11 heteroatoms. The van der Waals surface area contributed by atoms with Crippen LogP contribution in [0, 0.1) is 18.6 Å². The van der Waals surface area contributed by atoms with Crippen molar-refractivity contribution in [2.45, 2.75) is 46.1 Å². The first-order chi connectivity index (χ1) is 21.3. The van der Waals surface area contributed by atoms with E-state index < -0.39 is 22.9 Å². The number of amides is 1. The number of anilines is 1. The van der Waals surface area contributed by atoms with Gasteiger partial charge in [0.05, 0.1) is 11.8 Å². The van der Waals surface area contributed by atoms with Crippen molar-refractivity contribution in [3.8, 4) is 16.9 Å². The van der Waals surface area contributed by atoms with Crippen molar-refractivity contribution >= 4 is 22.9 Å². The largest absolute Gasteiger partial charge is 0.376 e. The van der Waals surface area contributed by atoms with Crippen LogP contribution in [0.1, 0.15) is 49.0 Å². The topological polar surface area (TPSA) is 101 Å². The summed E-state index contributed by atoms with van der Waals surface area (Å²) in [6.07, 6.45) is 2.69. The monoisotopic (exact) mass is 604 g/mol. The van der Waals surface area contributed by atoms with Crippen molar-refractivity contribution in [1.29, 1.82) is 0 Å². The van der Waals surface area contributed by atoms with E-state index in [1.165, 1.54) is 12.1 Å². The fourth-order valence-corrected chi connectivity index (χ4v) is 5.49. The van der Waals surface area contributed by atoms with Gasteiger partial charge in [0.25, 0.3) is 11.5 Å². The lowest BCUT2D eigenvalue weighted by Crippen LogP contribution is -2.31. The summed E-state index contributed by atoms with van der Waals surface area (Å²) in [5.74, 6) is -1.83. The van der Waals surface area contributed by atoms with Gasteiger partial charge in [-0.3, -0.25) is 14.2 Å². The van der Waals surface area contributed by atoms with Crippen LogP contribution in [0.2, 0.25) is 0 Å². The summed E-state index contributed by atoms with van der Waals surface area (Å²) in [5.41, 5.74) is 1.20. The zero-order valence-electron chi connectivity index (χ0n) is 25.3. The minimum atomic E-state index is -0.894. The molecule has 0 radical (unpaired) electrons. The molecule has 1 unspecified atom stereocenters. The number of pyridine rings is 1. The first kappa shape index (κ1) is 31.2. The molecule has 0 saturated carbocycles. The first-order valence-corrected chi connectivity index (χ1v) is 15.2. The van der Waals surface area contributed by atoms with Crippen molar-refractivity contribution in [1.82, 2.24) is 24.8 Å². The summed E-state index contributed by atoms with van der Waals surface area (Å²) in [7, 11) is 0. The first-order valence-electron chi connectivity index (χ1n) is 15.2. The lowest BCUT2D eigenvalue weighted by molar-refractivity contribution is 0.0858. The summed E-state index contributed by atoms with van der Waals surface area (Å²) in [6.45, 7) is 10.5. The normalized spacial score (nSPS) is 14.8. The number of nitrogens with one attached hydrogen (secondary N) is 2. The molecule has 4 aromatic rings. The van der Waals surface area contributed by atoms with Crippen molar-refractivity contribution in [2.75, 3.05) is 44.6 Å². The Hall–Kier alpha value is -4.22. The van der Waals surface area contributed by atoms with E-state index >= 15 is 8.78 Å². The Morgan fingerprint density at radius 1 is 1.09 bits per heavy atom. The highest BCUT2D eigenvalue weighted by Crippen LogP contribution is 2.31. The molecule has 1 amide bonds. The molecule has 232 valence electrons. The SMILES string of the molecule is CCN(CC)CCCNc1nc(-c2cc(C(=O)NCC3CCCO3)ccc2C)c2ccc(=O)n(-c3c(F)cccc3F)c2n1. The number of rotatable bonds is 12. The van der Waals surface area contributed by atoms with Gasteiger partial charge >= 0.3 is 0 Å². The van der Waals surface area contributed by atoms with E-state index in [1.54, 1.807) is 18.2 Å². The average Bonchev–Trinajstić information content (AvgIpc) is 3.54. The number of para-hydroxylation sites is 1. The molecule has 0 aliphatic carbocycles. The maximum atomic E-state index is 15.0. The van der Waals surface area contributed by atoms with Crippen molar-refractivity contribution in [3.63, 3.8) is 0 Å². The quantitative estimate of drug-likeness (QED) is 0.217. The van der Waals surface area contributed by atoms with Crippen molar-refractivity contribution < 1.29 is 18.3 Å². The molecule has 2 aromatic heterocycles. The average molecular weight is 605 g/mol. The second kappa shape index (κ2) is 14.0. The molecule has 1 atom stereocenters. The smallest absolute Gasteiger partial charge is 0.256 e. The number of fused-ring (bicyclic) bond motifs is 1. The molecule has 2 aromatic carbocycles. The second-order valence-electron chi connectivity index (χ2n) is 10.9. The molecule has 9 nitrogen and oxygen atoms in total. The minimum absolute atomic E-state index is 0.000511. The molecule has 1 fully saturated rings. The van der Waals surface area contributed by atoms with Crippen LogP contribution in [0.5, 0.6) is 0 Å². The van der Waals surface area contributed by atoms with Crippen LogP contribution in [-0.4, -0.2) is 70.8 Å². The van der Waals surface area contributed by atoms with Crippen LogP contribution < -0.4 is 16.2 Å². The minimum Gasteiger partial charge on any atom is -0.376 e. The number of carbonyl (C=O) groups excluding carboxylic acids is 1. The Labute approximate surface area is 255 Å². The van der Waals surface area contributed by atoms with Gasteiger partial charge in [-0.2, -0.15) is 4.98 Å². The third kappa shape index (κ3) is 6.79. The summed E-state index contributed by atoms with van der Waals surface area (Å²) in [6, 6.07) is 11.5. The van der Waals surface area contributed by atoms with Crippen LogP contribution in [0.4, 0.5) is 14.7 Å². The van der Waals surface area contributed by atoms with Gasteiger partial charge in [-0.05, 0) is 81.7 Å². The molecule has 1 saturated heterocycles. The van der Waals surface area contributed by atoms with Crippen LogP contribution in [0.3, 0.4) is 0 Å². The Bertz CT molecular complexity index is 1680. The van der Waals surface area contributed by atoms with Gasteiger partial charge in [-0.25, -0.2) is 13.8 Å². The highest BCUT2D eigenvalue weighted by atomic mass is 19.1. The van der Waals surface area contributed by atoms with Gasteiger partial charge < -0.3 is 20.3 Å². The lowest BCUT2D eigenvalue weighted by Gasteiger charge is -2.18. The van der Waals surface area contributed by atoms with Crippen molar-refractivity contribution in [3.05, 3.63) is 81.6 Å². The number of ether oxygens (including phenoxy) is 1. The molecule has 44 heavy (non-hydrogen) atoms. The van der Waals surface area contributed by atoms with Crippen LogP contribution >= 0.6 is 0 Å². The Morgan fingerprint density at radius 2 is 1.86 bits per heavy atom. The van der Waals surface area contributed by atoms with E-state index in [0.717, 1.165) is 61.2 Å². The lowest BCUT2D eigenvalue weighted by atomic mass is 9.99. The number of benzene rings is 2. The number of nitrogens with zero attached hydrogens (tertiary/aromatic N) is 4. The second-order valence-corrected chi connectivity index (χ2v) is 10.9.